The summed E-state index contributed by atoms with van der Waals surface area (Å²) >= 11 is 6.52. The highest BCUT2D eigenvalue weighted by Crippen LogP contribution is 2.30. The van der Waals surface area contributed by atoms with Crippen LogP contribution in [0.5, 0.6) is 0 Å². The van der Waals surface area contributed by atoms with Crippen LogP contribution in [-0.2, 0) is 40.3 Å². The third-order valence-corrected chi connectivity index (χ3v) is 7.84. The molecule has 0 atom stereocenters. The first-order valence-corrected chi connectivity index (χ1v) is 13.8. The third-order valence-electron chi connectivity index (χ3n) is 7.57. The number of fused-ring (bicyclic) bond motifs is 2. The standard InChI is InChI=1S/C28H32ClN7O3/c29-24-13-31-28(33-23-5-9-38-10-6-23)34-27(24)19-1-2-21-14-35(18-39-16-22(21)11-19)15-26(37)36-7-3-20-12-30-17-32-25(20)4-8-36/h1-2,11-13,17,23H,3-10,14-16,18H2,(H,31,33,34). The number of nitrogens with one attached hydrogen (secondary N) is 1. The molecule has 1 amide bonds. The quantitative estimate of drug-likeness (QED) is 0.514. The van der Waals surface area contributed by atoms with Crippen molar-refractivity contribution in [3.05, 3.63) is 64.3 Å². The first kappa shape index (κ1) is 26.1. The summed E-state index contributed by atoms with van der Waals surface area (Å²) in [5, 5.41) is 3.92. The fraction of sp³-hybridized carbons (Fsp3) is 0.464. The van der Waals surface area contributed by atoms with Crippen molar-refractivity contribution in [1.82, 2.24) is 29.7 Å². The number of carbonyl (C=O) groups is 1. The smallest absolute Gasteiger partial charge is 0.236 e. The minimum Gasteiger partial charge on any atom is -0.381 e. The highest BCUT2D eigenvalue weighted by atomic mass is 35.5. The molecule has 3 aliphatic rings. The van der Waals surface area contributed by atoms with Crippen LogP contribution in [0.1, 0.15) is 35.2 Å². The second-order valence-electron chi connectivity index (χ2n) is 10.2. The van der Waals surface area contributed by atoms with Crippen LogP contribution in [-0.4, -0.2) is 81.3 Å². The van der Waals surface area contributed by atoms with Crippen LogP contribution in [0.15, 0.2) is 36.9 Å². The Morgan fingerprint density at radius 2 is 1.92 bits per heavy atom. The first-order chi connectivity index (χ1) is 19.1. The molecule has 1 N–H and O–H groups in total. The molecule has 3 aliphatic heterocycles. The van der Waals surface area contributed by atoms with E-state index < -0.39 is 0 Å². The van der Waals surface area contributed by atoms with E-state index in [9.17, 15) is 4.79 Å². The number of benzene rings is 1. The second kappa shape index (κ2) is 11.9. The molecule has 10 nitrogen and oxygen atoms in total. The third kappa shape index (κ3) is 6.19. The van der Waals surface area contributed by atoms with Gasteiger partial charge in [-0.2, -0.15) is 0 Å². The van der Waals surface area contributed by atoms with Crippen LogP contribution >= 0.6 is 11.6 Å². The highest BCUT2D eigenvalue weighted by Gasteiger charge is 2.24. The Kier molecular flexibility index (Phi) is 7.96. The maximum Gasteiger partial charge on any atom is 0.236 e. The number of hydrogen-bond acceptors (Lipinski definition) is 9. The van der Waals surface area contributed by atoms with E-state index in [1.807, 2.05) is 17.2 Å². The Hall–Kier alpha value is -3.18. The molecule has 11 heteroatoms. The molecule has 2 aromatic heterocycles. The molecule has 0 radical (unpaired) electrons. The van der Waals surface area contributed by atoms with Gasteiger partial charge in [-0.1, -0.05) is 23.7 Å². The highest BCUT2D eigenvalue weighted by molar-refractivity contribution is 6.32. The summed E-state index contributed by atoms with van der Waals surface area (Å²) in [7, 11) is 0. The molecule has 0 unspecified atom stereocenters. The lowest BCUT2D eigenvalue weighted by atomic mass is 10.0. The zero-order valence-corrected chi connectivity index (χ0v) is 22.6. The van der Waals surface area contributed by atoms with Gasteiger partial charge in [-0.15, -0.1) is 0 Å². The number of halogens is 1. The SMILES string of the molecule is O=C(CN1COCc2cc(-c3nc(NC4CCOCC4)ncc3Cl)ccc2C1)N1CCc2cncnc2CC1. The molecular formula is C28H32ClN7O3. The average Bonchev–Trinajstić information content (AvgIpc) is 3.30. The summed E-state index contributed by atoms with van der Waals surface area (Å²) in [6.45, 7) is 4.63. The molecular weight excluding hydrogens is 518 g/mol. The van der Waals surface area contributed by atoms with Crippen molar-refractivity contribution >= 4 is 23.5 Å². The summed E-state index contributed by atoms with van der Waals surface area (Å²) in [6.07, 6.45) is 8.48. The van der Waals surface area contributed by atoms with E-state index >= 15 is 0 Å². The molecule has 5 heterocycles. The lowest BCUT2D eigenvalue weighted by molar-refractivity contribution is -0.134. The predicted molar refractivity (Wildman–Crippen MR) is 146 cm³/mol. The van der Waals surface area contributed by atoms with Crippen molar-refractivity contribution in [3.63, 3.8) is 0 Å². The molecule has 0 spiro atoms. The fourth-order valence-electron chi connectivity index (χ4n) is 5.36. The Morgan fingerprint density at radius 3 is 2.82 bits per heavy atom. The number of rotatable bonds is 5. The number of aromatic nitrogens is 4. The van der Waals surface area contributed by atoms with Gasteiger partial charge in [0.1, 0.15) is 13.1 Å². The van der Waals surface area contributed by atoms with Gasteiger partial charge < -0.3 is 19.7 Å². The minimum atomic E-state index is 0.108. The fourth-order valence-corrected chi connectivity index (χ4v) is 5.56. The van der Waals surface area contributed by atoms with Crippen LogP contribution in [0.4, 0.5) is 5.95 Å². The lowest BCUT2D eigenvalue weighted by Gasteiger charge is -2.25. The van der Waals surface area contributed by atoms with Crippen LogP contribution in [0, 0.1) is 0 Å². The second-order valence-corrected chi connectivity index (χ2v) is 10.7. The summed E-state index contributed by atoms with van der Waals surface area (Å²) < 4.78 is 11.4. The van der Waals surface area contributed by atoms with Crippen molar-refractivity contribution < 1.29 is 14.3 Å². The lowest BCUT2D eigenvalue weighted by Crippen LogP contribution is -2.41. The van der Waals surface area contributed by atoms with Crippen molar-refractivity contribution in [2.75, 3.05) is 44.9 Å². The summed E-state index contributed by atoms with van der Waals surface area (Å²) in [4.78, 5) is 34.8. The number of carbonyl (C=O) groups excluding carboxylic acids is 1. The Labute approximate surface area is 232 Å². The zero-order chi connectivity index (χ0) is 26.6. The number of nitrogens with zero attached hydrogens (tertiary/aromatic N) is 6. The monoisotopic (exact) mass is 549 g/mol. The molecule has 0 bridgehead atoms. The van der Waals surface area contributed by atoms with Crippen LogP contribution in [0.3, 0.4) is 0 Å². The van der Waals surface area contributed by atoms with Crippen molar-refractivity contribution in [1.29, 1.82) is 0 Å². The molecule has 3 aromatic rings. The predicted octanol–water partition coefficient (Wildman–Crippen LogP) is 3.10. The number of ether oxygens (including phenoxy) is 2. The molecule has 1 aromatic carbocycles. The van der Waals surface area contributed by atoms with Gasteiger partial charge in [0.2, 0.25) is 11.9 Å². The van der Waals surface area contributed by atoms with Crippen molar-refractivity contribution in [3.8, 4) is 11.3 Å². The maximum atomic E-state index is 13.2. The van der Waals surface area contributed by atoms with E-state index in [1.165, 1.54) is 0 Å². The van der Waals surface area contributed by atoms with Gasteiger partial charge >= 0.3 is 0 Å². The van der Waals surface area contributed by atoms with E-state index in [2.05, 4.69) is 37.3 Å². The molecule has 204 valence electrons. The maximum absolute atomic E-state index is 13.2. The molecule has 0 aliphatic carbocycles. The van der Waals surface area contributed by atoms with Crippen LogP contribution < -0.4 is 5.32 Å². The van der Waals surface area contributed by atoms with Gasteiger partial charge in [-0.3, -0.25) is 9.69 Å². The van der Waals surface area contributed by atoms with Gasteiger partial charge in [0.05, 0.1) is 30.1 Å². The zero-order valence-electron chi connectivity index (χ0n) is 21.8. The van der Waals surface area contributed by atoms with Crippen LogP contribution in [0.2, 0.25) is 5.02 Å². The molecule has 0 saturated carbocycles. The first-order valence-electron chi connectivity index (χ1n) is 13.5. The van der Waals surface area contributed by atoms with Crippen molar-refractivity contribution in [2.45, 2.75) is 44.9 Å². The summed E-state index contributed by atoms with van der Waals surface area (Å²) in [6, 6.07) is 6.49. The largest absolute Gasteiger partial charge is 0.381 e. The minimum absolute atomic E-state index is 0.108. The number of anilines is 1. The summed E-state index contributed by atoms with van der Waals surface area (Å²) in [5.74, 6) is 0.678. The van der Waals surface area contributed by atoms with E-state index in [1.54, 1.807) is 12.5 Å². The van der Waals surface area contributed by atoms with Gasteiger partial charge in [-0.25, -0.2) is 19.9 Å². The van der Waals surface area contributed by atoms with E-state index in [0.717, 1.165) is 66.8 Å². The average molecular weight is 550 g/mol. The van der Waals surface area contributed by atoms with E-state index in [4.69, 9.17) is 26.1 Å². The Balaban J connectivity index is 1.12. The van der Waals surface area contributed by atoms with Crippen LogP contribution in [0.25, 0.3) is 11.3 Å². The molecule has 1 fully saturated rings. The van der Waals surface area contributed by atoms with Gasteiger partial charge in [0, 0.05) is 62.8 Å². The van der Waals surface area contributed by atoms with E-state index in [0.29, 0.717) is 62.2 Å². The Morgan fingerprint density at radius 1 is 1.05 bits per heavy atom. The normalized spacial score (nSPS) is 18.5. The number of amides is 1. The topological polar surface area (TPSA) is 106 Å². The van der Waals surface area contributed by atoms with Crippen molar-refractivity contribution in [2.24, 2.45) is 0 Å². The molecule has 6 rings (SSSR count). The van der Waals surface area contributed by atoms with Gasteiger partial charge in [-0.05, 0) is 42.0 Å². The van der Waals surface area contributed by atoms with E-state index in [-0.39, 0.29) is 5.91 Å². The molecule has 1 saturated heterocycles. The number of hydrogen-bond donors (Lipinski definition) is 1. The molecule has 39 heavy (non-hydrogen) atoms. The van der Waals surface area contributed by atoms with Gasteiger partial charge in [0.15, 0.2) is 0 Å². The Bertz CT molecular complexity index is 1310. The van der Waals surface area contributed by atoms with Gasteiger partial charge in [0.25, 0.3) is 0 Å². The summed E-state index contributed by atoms with van der Waals surface area (Å²) in [5.41, 5.74) is 5.97.